The van der Waals surface area contributed by atoms with Gasteiger partial charge in [0.2, 0.25) is 0 Å². The summed E-state index contributed by atoms with van der Waals surface area (Å²) in [6, 6.07) is 5.77. The van der Waals surface area contributed by atoms with E-state index in [9.17, 15) is 0 Å². The second kappa shape index (κ2) is 9.23. The summed E-state index contributed by atoms with van der Waals surface area (Å²) >= 11 is 1.83. The molecule has 1 aromatic rings. The molecule has 1 aliphatic heterocycles. The molecule has 146 valence electrons. The molecule has 0 bridgehead atoms. The molecule has 4 nitrogen and oxygen atoms in total. The minimum Gasteiger partial charge on any atom is -0.357 e. The van der Waals surface area contributed by atoms with Crippen LogP contribution in [0.4, 0.5) is 0 Å². The van der Waals surface area contributed by atoms with Gasteiger partial charge in [0.25, 0.3) is 0 Å². The van der Waals surface area contributed by atoms with Crippen LogP contribution in [0, 0.1) is 0 Å². The third kappa shape index (κ3) is 5.23. The largest absolute Gasteiger partial charge is 0.357 e. The van der Waals surface area contributed by atoms with Crippen molar-refractivity contribution < 1.29 is 0 Å². The number of guanidine groups is 1. The lowest BCUT2D eigenvalue weighted by molar-refractivity contribution is 0.150. The molecular formula is C21H36N4S. The van der Waals surface area contributed by atoms with Crippen LogP contribution in [0.3, 0.4) is 0 Å². The minimum absolute atomic E-state index is 0.0857. The van der Waals surface area contributed by atoms with Gasteiger partial charge in [0.1, 0.15) is 0 Å². The molecule has 3 rings (SSSR count). The minimum atomic E-state index is 0.0857. The SMILES string of the molecule is CCNC(=NCC(C)(C)c1cccs1)NC1CCN(C2CCCC2)CC1. The second-order valence-electron chi connectivity index (χ2n) is 8.45. The number of nitrogens with one attached hydrogen (secondary N) is 2. The number of hydrogen-bond donors (Lipinski definition) is 2. The Morgan fingerprint density at radius 1 is 1.23 bits per heavy atom. The van der Waals surface area contributed by atoms with E-state index in [2.05, 4.69) is 53.8 Å². The zero-order valence-corrected chi connectivity index (χ0v) is 17.6. The molecule has 26 heavy (non-hydrogen) atoms. The zero-order valence-electron chi connectivity index (χ0n) is 16.8. The maximum Gasteiger partial charge on any atom is 0.191 e. The van der Waals surface area contributed by atoms with Gasteiger partial charge in [-0.25, -0.2) is 0 Å². The van der Waals surface area contributed by atoms with Crippen LogP contribution in [0.5, 0.6) is 0 Å². The van der Waals surface area contributed by atoms with Crippen molar-refractivity contribution in [2.75, 3.05) is 26.2 Å². The lowest BCUT2D eigenvalue weighted by Crippen LogP contribution is -2.50. The van der Waals surface area contributed by atoms with E-state index in [4.69, 9.17) is 4.99 Å². The summed E-state index contributed by atoms with van der Waals surface area (Å²) in [7, 11) is 0. The van der Waals surface area contributed by atoms with Crippen molar-refractivity contribution in [1.29, 1.82) is 0 Å². The first-order valence-corrected chi connectivity index (χ1v) is 11.3. The van der Waals surface area contributed by atoms with E-state index in [-0.39, 0.29) is 5.41 Å². The number of aliphatic imine (C=N–C) groups is 1. The summed E-state index contributed by atoms with van der Waals surface area (Å²) < 4.78 is 0. The fourth-order valence-electron chi connectivity index (χ4n) is 4.21. The van der Waals surface area contributed by atoms with Crippen molar-refractivity contribution >= 4 is 17.3 Å². The molecule has 2 heterocycles. The van der Waals surface area contributed by atoms with Crippen molar-refractivity contribution in [3.63, 3.8) is 0 Å². The van der Waals surface area contributed by atoms with Crippen LogP contribution < -0.4 is 10.6 Å². The maximum atomic E-state index is 4.92. The summed E-state index contributed by atoms with van der Waals surface area (Å²) in [5, 5.41) is 9.30. The fourth-order valence-corrected chi connectivity index (χ4v) is 5.05. The Kier molecular flexibility index (Phi) is 6.98. The number of piperidine rings is 1. The van der Waals surface area contributed by atoms with Gasteiger partial charge in [-0.05, 0) is 44.1 Å². The zero-order chi connectivity index (χ0) is 18.4. The first-order chi connectivity index (χ1) is 12.6. The van der Waals surface area contributed by atoms with E-state index in [0.29, 0.717) is 6.04 Å². The van der Waals surface area contributed by atoms with Crippen LogP contribution in [0.2, 0.25) is 0 Å². The Hall–Kier alpha value is -1.07. The van der Waals surface area contributed by atoms with Gasteiger partial charge in [-0.15, -0.1) is 11.3 Å². The molecule has 2 fully saturated rings. The van der Waals surface area contributed by atoms with Gasteiger partial charge in [-0.2, -0.15) is 0 Å². The van der Waals surface area contributed by atoms with Gasteiger partial charge >= 0.3 is 0 Å². The molecule has 2 aliphatic rings. The summed E-state index contributed by atoms with van der Waals surface area (Å²) in [4.78, 5) is 9.06. The van der Waals surface area contributed by atoms with E-state index in [1.807, 2.05) is 11.3 Å². The Morgan fingerprint density at radius 3 is 2.58 bits per heavy atom. The smallest absolute Gasteiger partial charge is 0.191 e. The van der Waals surface area contributed by atoms with Gasteiger partial charge < -0.3 is 15.5 Å². The van der Waals surface area contributed by atoms with E-state index < -0.39 is 0 Å². The Labute approximate surface area is 163 Å². The third-order valence-electron chi connectivity index (χ3n) is 5.88. The monoisotopic (exact) mass is 376 g/mol. The Balaban J connectivity index is 1.52. The highest BCUT2D eigenvalue weighted by Crippen LogP contribution is 2.28. The predicted molar refractivity (Wildman–Crippen MR) is 113 cm³/mol. The topological polar surface area (TPSA) is 39.7 Å². The van der Waals surface area contributed by atoms with Crippen molar-refractivity contribution in [3.05, 3.63) is 22.4 Å². The van der Waals surface area contributed by atoms with Gasteiger partial charge in [0, 0.05) is 42.0 Å². The first kappa shape index (κ1) is 19.7. The number of thiophene rings is 1. The van der Waals surface area contributed by atoms with Gasteiger partial charge in [0.05, 0.1) is 6.54 Å². The predicted octanol–water partition coefficient (Wildman–Crippen LogP) is 3.99. The number of hydrogen-bond acceptors (Lipinski definition) is 3. The van der Waals surface area contributed by atoms with E-state index in [0.717, 1.165) is 25.1 Å². The molecule has 1 aliphatic carbocycles. The quantitative estimate of drug-likeness (QED) is 0.582. The summed E-state index contributed by atoms with van der Waals surface area (Å²) in [5.41, 5.74) is 0.0857. The van der Waals surface area contributed by atoms with Gasteiger partial charge in [0.15, 0.2) is 5.96 Å². The van der Waals surface area contributed by atoms with Gasteiger partial charge in [-0.3, -0.25) is 4.99 Å². The fraction of sp³-hybridized carbons (Fsp3) is 0.762. The normalized spacial score (nSPS) is 21.3. The van der Waals surface area contributed by atoms with E-state index in [1.165, 1.54) is 56.5 Å². The molecule has 0 spiro atoms. The summed E-state index contributed by atoms with van der Waals surface area (Å²) in [6.07, 6.45) is 8.16. The van der Waals surface area contributed by atoms with Crippen LogP contribution in [0.15, 0.2) is 22.5 Å². The molecular weight excluding hydrogens is 340 g/mol. The van der Waals surface area contributed by atoms with Crippen molar-refractivity contribution in [2.24, 2.45) is 4.99 Å². The number of likely N-dealkylation sites (tertiary alicyclic amines) is 1. The molecule has 0 radical (unpaired) electrons. The average Bonchev–Trinajstić information content (AvgIpc) is 3.34. The molecule has 0 amide bonds. The highest BCUT2D eigenvalue weighted by atomic mass is 32.1. The molecule has 0 unspecified atom stereocenters. The van der Waals surface area contributed by atoms with Gasteiger partial charge in [-0.1, -0.05) is 32.8 Å². The van der Waals surface area contributed by atoms with Crippen molar-refractivity contribution in [2.45, 2.75) is 76.8 Å². The second-order valence-corrected chi connectivity index (χ2v) is 9.40. The van der Waals surface area contributed by atoms with Crippen LogP contribution in [-0.2, 0) is 5.41 Å². The first-order valence-electron chi connectivity index (χ1n) is 10.4. The molecule has 0 atom stereocenters. The van der Waals surface area contributed by atoms with Crippen LogP contribution in [0.1, 0.15) is 64.2 Å². The third-order valence-corrected chi connectivity index (χ3v) is 7.11. The lowest BCUT2D eigenvalue weighted by atomic mass is 9.92. The van der Waals surface area contributed by atoms with Crippen molar-refractivity contribution in [3.8, 4) is 0 Å². The lowest BCUT2D eigenvalue weighted by Gasteiger charge is -2.36. The molecule has 1 saturated carbocycles. The highest BCUT2D eigenvalue weighted by Gasteiger charge is 2.27. The summed E-state index contributed by atoms with van der Waals surface area (Å²) in [5.74, 6) is 0.983. The molecule has 2 N–H and O–H groups in total. The Morgan fingerprint density at radius 2 is 1.96 bits per heavy atom. The number of rotatable bonds is 6. The summed E-state index contributed by atoms with van der Waals surface area (Å²) in [6.45, 7) is 10.9. The molecule has 5 heteroatoms. The maximum absolute atomic E-state index is 4.92. The molecule has 0 aromatic carbocycles. The van der Waals surface area contributed by atoms with Crippen LogP contribution in [-0.4, -0.2) is 49.1 Å². The van der Waals surface area contributed by atoms with Crippen LogP contribution in [0.25, 0.3) is 0 Å². The average molecular weight is 377 g/mol. The van der Waals surface area contributed by atoms with E-state index in [1.54, 1.807) is 0 Å². The highest BCUT2D eigenvalue weighted by molar-refractivity contribution is 7.10. The molecule has 1 saturated heterocycles. The van der Waals surface area contributed by atoms with E-state index >= 15 is 0 Å². The van der Waals surface area contributed by atoms with Crippen molar-refractivity contribution in [1.82, 2.24) is 15.5 Å². The molecule has 1 aromatic heterocycles. The number of nitrogens with zero attached hydrogens (tertiary/aromatic N) is 2. The Bertz CT molecular complexity index is 553. The van der Waals surface area contributed by atoms with Crippen LogP contribution >= 0.6 is 11.3 Å². The standard InChI is InChI=1S/C21H36N4S/c1-4-22-20(23-16-21(2,3)19-10-7-15-26-19)24-17-11-13-25(14-12-17)18-8-5-6-9-18/h7,10,15,17-18H,4-6,8-9,11-14,16H2,1-3H3,(H2,22,23,24).